The number of rotatable bonds is 3. The number of carbonyl (C=O) groups is 2. The Balaban J connectivity index is 2.11. The maximum Gasteiger partial charge on any atom is 0.331 e. The number of fused-ring (bicyclic) bond motifs is 3. The van der Waals surface area contributed by atoms with E-state index in [9.17, 15) is 14.7 Å². The first-order valence-corrected chi connectivity index (χ1v) is 10.8. The lowest BCUT2D eigenvalue weighted by Crippen LogP contribution is -2.47. The van der Waals surface area contributed by atoms with Crippen molar-refractivity contribution in [1.82, 2.24) is 0 Å². The minimum atomic E-state index is -1.58. The molecule has 0 aromatic heterocycles. The van der Waals surface area contributed by atoms with E-state index in [2.05, 4.69) is 13.8 Å². The molecular weight excluding hydrogens is 380 g/mol. The normalized spacial score (nSPS) is 39.8. The van der Waals surface area contributed by atoms with Crippen molar-refractivity contribution in [2.45, 2.75) is 72.4 Å². The Kier molecular flexibility index (Phi) is 6.00. The highest BCUT2D eigenvalue weighted by atomic mass is 16.7. The Morgan fingerprint density at radius 3 is 2.57 bits per heavy atom. The lowest BCUT2D eigenvalue weighted by molar-refractivity contribution is -0.214. The first-order valence-electron chi connectivity index (χ1n) is 10.8. The van der Waals surface area contributed by atoms with E-state index in [0.29, 0.717) is 12.0 Å². The van der Waals surface area contributed by atoms with Crippen LogP contribution in [0.3, 0.4) is 0 Å². The van der Waals surface area contributed by atoms with Crippen LogP contribution in [0.4, 0.5) is 0 Å². The summed E-state index contributed by atoms with van der Waals surface area (Å²) in [5, 5.41) is 11.2. The van der Waals surface area contributed by atoms with Gasteiger partial charge in [0.2, 0.25) is 5.79 Å². The van der Waals surface area contributed by atoms with E-state index >= 15 is 0 Å². The summed E-state index contributed by atoms with van der Waals surface area (Å²) in [7, 11) is 0. The summed E-state index contributed by atoms with van der Waals surface area (Å²) in [6, 6.07) is 0. The molecule has 5 nitrogen and oxygen atoms in total. The second-order valence-electron chi connectivity index (χ2n) is 9.79. The van der Waals surface area contributed by atoms with Crippen molar-refractivity contribution < 1.29 is 24.2 Å². The van der Waals surface area contributed by atoms with Crippen LogP contribution in [0.5, 0.6) is 0 Å². The second-order valence-corrected chi connectivity index (χ2v) is 9.79. The van der Waals surface area contributed by atoms with Gasteiger partial charge in [0.1, 0.15) is 11.7 Å². The third kappa shape index (κ3) is 4.10. The lowest BCUT2D eigenvalue weighted by Gasteiger charge is -2.40. The number of aliphatic hydroxyl groups is 1. The van der Waals surface area contributed by atoms with Crippen molar-refractivity contribution in [3.8, 4) is 0 Å². The summed E-state index contributed by atoms with van der Waals surface area (Å²) in [5.74, 6) is -2.04. The highest BCUT2D eigenvalue weighted by Gasteiger charge is 2.52. The zero-order chi connectivity index (χ0) is 22.4. The van der Waals surface area contributed by atoms with E-state index in [0.717, 1.165) is 11.1 Å². The van der Waals surface area contributed by atoms with Crippen LogP contribution in [0.15, 0.2) is 47.1 Å². The number of ether oxygens (including phenoxy) is 2. The number of carbonyl (C=O) groups excluding carboxylic acids is 2. The average molecular weight is 415 g/mol. The maximum atomic E-state index is 12.9. The smallest absolute Gasteiger partial charge is 0.331 e. The van der Waals surface area contributed by atoms with Gasteiger partial charge in [0, 0.05) is 12.0 Å². The highest BCUT2D eigenvalue weighted by molar-refractivity contribution is 5.94. The molecular formula is C25H34O5. The van der Waals surface area contributed by atoms with Gasteiger partial charge in [-0.1, -0.05) is 31.1 Å². The number of hydrogen-bond acceptors (Lipinski definition) is 5. The van der Waals surface area contributed by atoms with Crippen LogP contribution in [-0.2, 0) is 19.1 Å². The van der Waals surface area contributed by atoms with Crippen molar-refractivity contribution in [3.63, 3.8) is 0 Å². The fraction of sp³-hybridized carbons (Fsp3) is 0.600. The van der Waals surface area contributed by atoms with Crippen LogP contribution in [0, 0.1) is 23.7 Å². The predicted molar refractivity (Wildman–Crippen MR) is 115 cm³/mol. The molecule has 0 aromatic carbocycles. The van der Waals surface area contributed by atoms with Gasteiger partial charge in [-0.05, 0) is 82.6 Å². The fourth-order valence-corrected chi connectivity index (χ4v) is 5.02. The molecule has 1 aliphatic carbocycles. The van der Waals surface area contributed by atoms with Crippen LogP contribution >= 0.6 is 0 Å². The Bertz CT molecular complexity index is 857. The monoisotopic (exact) mass is 414 g/mol. The van der Waals surface area contributed by atoms with Gasteiger partial charge in [-0.25, -0.2) is 4.79 Å². The maximum absolute atomic E-state index is 12.9. The van der Waals surface area contributed by atoms with Gasteiger partial charge in [0.25, 0.3) is 0 Å². The van der Waals surface area contributed by atoms with Gasteiger partial charge in [-0.3, -0.25) is 4.79 Å². The van der Waals surface area contributed by atoms with Crippen molar-refractivity contribution in [2.75, 3.05) is 0 Å². The molecule has 0 aromatic rings. The molecule has 0 saturated carbocycles. The molecule has 3 aliphatic rings. The molecule has 2 unspecified atom stereocenters. The van der Waals surface area contributed by atoms with Gasteiger partial charge >= 0.3 is 5.97 Å². The number of ketones is 1. The molecule has 0 amide bonds. The van der Waals surface area contributed by atoms with Crippen molar-refractivity contribution in [1.29, 1.82) is 0 Å². The van der Waals surface area contributed by atoms with Crippen molar-refractivity contribution in [2.24, 2.45) is 23.7 Å². The predicted octanol–water partition coefficient (Wildman–Crippen LogP) is 4.28. The molecule has 6 atom stereocenters. The zero-order valence-corrected chi connectivity index (χ0v) is 19.1. The fourth-order valence-electron chi connectivity index (χ4n) is 5.02. The van der Waals surface area contributed by atoms with Crippen LogP contribution in [0.1, 0.15) is 54.9 Å². The average Bonchev–Trinajstić information content (AvgIpc) is 2.93. The number of esters is 1. The minimum Gasteiger partial charge on any atom is -0.456 e. The van der Waals surface area contributed by atoms with Gasteiger partial charge in [-0.15, -0.1) is 0 Å². The molecule has 2 aliphatic heterocycles. The van der Waals surface area contributed by atoms with Gasteiger partial charge in [-0.2, -0.15) is 0 Å². The van der Waals surface area contributed by atoms with Gasteiger partial charge in [0.15, 0.2) is 5.78 Å². The highest BCUT2D eigenvalue weighted by Crippen LogP contribution is 2.47. The molecule has 0 radical (unpaired) electrons. The van der Waals surface area contributed by atoms with Gasteiger partial charge < -0.3 is 14.6 Å². The van der Waals surface area contributed by atoms with E-state index in [1.165, 1.54) is 6.08 Å². The summed E-state index contributed by atoms with van der Waals surface area (Å²) >= 11 is 0. The molecule has 2 heterocycles. The molecule has 30 heavy (non-hydrogen) atoms. The van der Waals surface area contributed by atoms with Crippen LogP contribution in [-0.4, -0.2) is 34.4 Å². The molecule has 3 rings (SSSR count). The second kappa shape index (κ2) is 7.93. The van der Waals surface area contributed by atoms with E-state index < -0.39 is 23.5 Å². The molecule has 0 spiro atoms. The summed E-state index contributed by atoms with van der Waals surface area (Å²) in [6.07, 6.45) is 8.52. The SMILES string of the molecule is CC(C)=CC(=O)O[C@H]1CC2C(C)=CC(=O)[C@H](C(C)C)C2/C=C(/C)[C@@]2(O)C=C[C@]1(C)O2. The third-order valence-electron chi connectivity index (χ3n) is 6.68. The minimum absolute atomic E-state index is 0.00586. The number of allylic oxidation sites excluding steroid dienone is 4. The lowest BCUT2D eigenvalue weighted by atomic mass is 9.65. The molecule has 0 fully saturated rings. The quantitative estimate of drug-likeness (QED) is 0.424. The summed E-state index contributed by atoms with van der Waals surface area (Å²) < 4.78 is 12.0. The molecule has 164 valence electrons. The van der Waals surface area contributed by atoms with E-state index in [1.54, 1.807) is 18.2 Å². The zero-order valence-electron chi connectivity index (χ0n) is 19.1. The Morgan fingerprint density at radius 2 is 1.97 bits per heavy atom. The van der Waals surface area contributed by atoms with Crippen LogP contribution in [0.25, 0.3) is 0 Å². The van der Waals surface area contributed by atoms with Gasteiger partial charge in [0.05, 0.1) is 0 Å². The molecule has 5 heteroatoms. The summed E-state index contributed by atoms with van der Waals surface area (Å²) in [5.41, 5.74) is 1.51. The van der Waals surface area contributed by atoms with Crippen LogP contribution in [0.2, 0.25) is 0 Å². The molecule has 0 saturated heterocycles. The van der Waals surface area contributed by atoms with E-state index in [1.807, 2.05) is 40.7 Å². The summed E-state index contributed by atoms with van der Waals surface area (Å²) in [6.45, 7) is 13.4. The largest absolute Gasteiger partial charge is 0.456 e. The first-order chi connectivity index (χ1) is 13.9. The topological polar surface area (TPSA) is 72.8 Å². The van der Waals surface area contributed by atoms with Crippen molar-refractivity contribution >= 4 is 11.8 Å². The Morgan fingerprint density at radius 1 is 1.30 bits per heavy atom. The third-order valence-corrected chi connectivity index (χ3v) is 6.68. The Hall–Kier alpha value is -1.98. The Labute approximate surface area is 179 Å². The molecule has 1 N–H and O–H groups in total. The molecule has 2 bridgehead atoms. The van der Waals surface area contributed by atoms with E-state index in [-0.39, 0.29) is 29.5 Å². The van der Waals surface area contributed by atoms with Crippen LogP contribution < -0.4 is 0 Å². The summed E-state index contributed by atoms with van der Waals surface area (Å²) in [4.78, 5) is 25.4. The number of hydrogen-bond donors (Lipinski definition) is 1. The van der Waals surface area contributed by atoms with E-state index in [4.69, 9.17) is 9.47 Å². The first kappa shape index (κ1) is 22.7. The standard InChI is InChI=1S/C25H34O5/c1-14(2)10-22(27)29-21-13-18-16(5)11-20(26)23(15(3)4)19(18)12-17(6)25(28)9-8-24(21,7)30-25/h8-12,15,18-19,21,23,28H,13H2,1-7H3/b17-12-/t18?,19?,21-,23+,24-,25+/m0/s1. The van der Waals surface area contributed by atoms with Crippen molar-refractivity contribution in [3.05, 3.63) is 47.1 Å².